The van der Waals surface area contributed by atoms with Crippen molar-refractivity contribution in [1.82, 2.24) is 4.90 Å². The molecule has 1 amide bonds. The molecule has 1 fully saturated rings. The van der Waals surface area contributed by atoms with E-state index in [1.54, 1.807) is 18.9 Å². The van der Waals surface area contributed by atoms with Gasteiger partial charge in [-0.15, -0.1) is 11.8 Å². The third kappa shape index (κ3) is 4.48. The number of carbonyl (C=O) groups excluding carboxylic acids is 1. The highest BCUT2D eigenvalue weighted by Gasteiger charge is 2.25. The number of amides is 1. The van der Waals surface area contributed by atoms with E-state index in [0.717, 1.165) is 42.5 Å². The fourth-order valence-electron chi connectivity index (χ4n) is 3.00. The summed E-state index contributed by atoms with van der Waals surface area (Å²) in [6.45, 7) is 5.21. The largest absolute Gasteiger partial charge is 0.497 e. The summed E-state index contributed by atoms with van der Waals surface area (Å²) in [6, 6.07) is 18.2. The van der Waals surface area contributed by atoms with E-state index in [1.165, 1.54) is 0 Å². The van der Waals surface area contributed by atoms with Crippen LogP contribution in [0, 0.1) is 0 Å². The number of thioether (sulfide) groups is 1. The highest BCUT2D eigenvalue weighted by atomic mass is 32.2. The molecule has 0 bridgehead atoms. The van der Waals surface area contributed by atoms with Crippen LogP contribution in [0.4, 0.5) is 5.69 Å². The van der Waals surface area contributed by atoms with E-state index in [0.29, 0.717) is 0 Å². The highest BCUT2D eigenvalue weighted by Crippen LogP contribution is 2.26. The minimum Gasteiger partial charge on any atom is -0.497 e. The van der Waals surface area contributed by atoms with Crippen molar-refractivity contribution in [2.45, 2.75) is 17.1 Å². The second-order valence-electron chi connectivity index (χ2n) is 6.09. The SMILES string of the molecule is COc1cccc(N2CCN(C(=O)[C@H](C)Sc3ccccc3)CC2)c1. The predicted molar refractivity (Wildman–Crippen MR) is 104 cm³/mol. The zero-order valence-electron chi connectivity index (χ0n) is 14.7. The van der Waals surface area contributed by atoms with Gasteiger partial charge >= 0.3 is 0 Å². The molecule has 0 unspecified atom stereocenters. The molecule has 1 saturated heterocycles. The Balaban J connectivity index is 1.55. The molecule has 0 N–H and O–H groups in total. The van der Waals surface area contributed by atoms with Gasteiger partial charge in [0.05, 0.1) is 12.4 Å². The first kappa shape index (κ1) is 17.7. The lowest BCUT2D eigenvalue weighted by atomic mass is 10.2. The van der Waals surface area contributed by atoms with E-state index in [1.807, 2.05) is 48.2 Å². The van der Waals surface area contributed by atoms with Crippen molar-refractivity contribution in [3.8, 4) is 5.75 Å². The third-order valence-corrected chi connectivity index (χ3v) is 5.51. The van der Waals surface area contributed by atoms with Gasteiger partial charge in [-0.05, 0) is 31.2 Å². The fraction of sp³-hybridized carbons (Fsp3) is 0.350. The molecular formula is C20H24N2O2S. The first-order valence-electron chi connectivity index (χ1n) is 8.57. The molecule has 3 rings (SSSR count). The van der Waals surface area contributed by atoms with Gasteiger partial charge in [0, 0.05) is 42.8 Å². The van der Waals surface area contributed by atoms with Crippen LogP contribution in [0.3, 0.4) is 0 Å². The summed E-state index contributed by atoms with van der Waals surface area (Å²) < 4.78 is 5.30. The van der Waals surface area contributed by atoms with E-state index in [-0.39, 0.29) is 11.2 Å². The van der Waals surface area contributed by atoms with Crippen molar-refractivity contribution < 1.29 is 9.53 Å². The normalized spacial score (nSPS) is 15.8. The summed E-state index contributed by atoms with van der Waals surface area (Å²) in [4.78, 5) is 18.1. The number of nitrogens with zero attached hydrogens (tertiary/aromatic N) is 2. The van der Waals surface area contributed by atoms with E-state index in [2.05, 4.69) is 23.1 Å². The Labute approximate surface area is 153 Å². The molecule has 1 aliphatic rings. The highest BCUT2D eigenvalue weighted by molar-refractivity contribution is 8.00. The lowest BCUT2D eigenvalue weighted by Crippen LogP contribution is -2.50. The van der Waals surface area contributed by atoms with Gasteiger partial charge in [-0.25, -0.2) is 0 Å². The summed E-state index contributed by atoms with van der Waals surface area (Å²) >= 11 is 1.63. The van der Waals surface area contributed by atoms with Crippen LogP contribution in [0.15, 0.2) is 59.5 Å². The predicted octanol–water partition coefficient (Wildman–Crippen LogP) is 3.52. The molecule has 0 saturated carbocycles. The Morgan fingerprint density at radius 1 is 1.04 bits per heavy atom. The number of piperazine rings is 1. The first-order chi connectivity index (χ1) is 12.2. The Hall–Kier alpha value is -2.14. The molecule has 1 heterocycles. The van der Waals surface area contributed by atoms with Crippen molar-refractivity contribution in [2.24, 2.45) is 0 Å². The maximum Gasteiger partial charge on any atom is 0.235 e. The molecule has 5 heteroatoms. The molecule has 0 spiro atoms. The van der Waals surface area contributed by atoms with Crippen molar-refractivity contribution >= 4 is 23.4 Å². The van der Waals surface area contributed by atoms with Crippen molar-refractivity contribution in [3.05, 3.63) is 54.6 Å². The Kier molecular flexibility index (Phi) is 5.87. The number of ether oxygens (including phenoxy) is 1. The van der Waals surface area contributed by atoms with Gasteiger partial charge in [-0.1, -0.05) is 24.3 Å². The maximum absolute atomic E-state index is 12.7. The van der Waals surface area contributed by atoms with Gasteiger partial charge in [0.1, 0.15) is 5.75 Å². The lowest BCUT2D eigenvalue weighted by molar-refractivity contribution is -0.130. The molecular weight excluding hydrogens is 332 g/mol. The van der Waals surface area contributed by atoms with Gasteiger partial charge in [0.2, 0.25) is 5.91 Å². The fourth-order valence-corrected chi connectivity index (χ4v) is 3.98. The molecule has 0 radical (unpaired) electrons. The molecule has 1 atom stereocenters. The molecule has 4 nitrogen and oxygen atoms in total. The Morgan fingerprint density at radius 3 is 2.44 bits per heavy atom. The van der Waals surface area contributed by atoms with E-state index in [9.17, 15) is 4.79 Å². The van der Waals surface area contributed by atoms with Gasteiger partial charge in [-0.3, -0.25) is 4.79 Å². The monoisotopic (exact) mass is 356 g/mol. The van der Waals surface area contributed by atoms with Gasteiger partial charge in [0.25, 0.3) is 0 Å². The molecule has 0 aliphatic carbocycles. The molecule has 0 aromatic heterocycles. The topological polar surface area (TPSA) is 32.8 Å². The van der Waals surface area contributed by atoms with Crippen LogP contribution in [-0.2, 0) is 4.79 Å². The van der Waals surface area contributed by atoms with E-state index >= 15 is 0 Å². The second kappa shape index (κ2) is 8.30. The van der Waals surface area contributed by atoms with Crippen molar-refractivity contribution in [3.63, 3.8) is 0 Å². The summed E-state index contributed by atoms with van der Waals surface area (Å²) in [5.74, 6) is 1.09. The maximum atomic E-state index is 12.7. The zero-order chi connectivity index (χ0) is 17.6. The van der Waals surface area contributed by atoms with Gasteiger partial charge < -0.3 is 14.5 Å². The number of hydrogen-bond acceptors (Lipinski definition) is 4. The number of carbonyl (C=O) groups is 1. The molecule has 25 heavy (non-hydrogen) atoms. The van der Waals surface area contributed by atoms with E-state index < -0.39 is 0 Å². The molecule has 2 aromatic carbocycles. The Bertz CT molecular complexity index is 700. The smallest absolute Gasteiger partial charge is 0.235 e. The number of anilines is 1. The lowest BCUT2D eigenvalue weighted by Gasteiger charge is -2.37. The minimum absolute atomic E-state index is 0.0641. The first-order valence-corrected chi connectivity index (χ1v) is 9.45. The number of rotatable bonds is 5. The van der Waals surface area contributed by atoms with Crippen LogP contribution in [0.1, 0.15) is 6.92 Å². The van der Waals surface area contributed by atoms with Crippen LogP contribution < -0.4 is 9.64 Å². The number of benzene rings is 2. The average molecular weight is 356 g/mol. The summed E-state index contributed by atoms with van der Waals surface area (Å²) in [5, 5.41) is -0.0641. The summed E-state index contributed by atoms with van der Waals surface area (Å²) in [6.07, 6.45) is 0. The minimum atomic E-state index is -0.0641. The zero-order valence-corrected chi connectivity index (χ0v) is 15.5. The Morgan fingerprint density at radius 2 is 1.76 bits per heavy atom. The molecule has 132 valence electrons. The quantitative estimate of drug-likeness (QED) is 0.768. The molecule has 2 aromatic rings. The van der Waals surface area contributed by atoms with Crippen molar-refractivity contribution in [1.29, 1.82) is 0 Å². The van der Waals surface area contributed by atoms with Crippen LogP contribution >= 0.6 is 11.8 Å². The average Bonchev–Trinajstić information content (AvgIpc) is 2.68. The second-order valence-corrected chi connectivity index (χ2v) is 7.50. The summed E-state index contributed by atoms with van der Waals surface area (Å²) in [7, 11) is 1.68. The summed E-state index contributed by atoms with van der Waals surface area (Å²) in [5.41, 5.74) is 1.15. The number of methoxy groups -OCH3 is 1. The van der Waals surface area contributed by atoms with Gasteiger partial charge in [-0.2, -0.15) is 0 Å². The van der Waals surface area contributed by atoms with Gasteiger partial charge in [0.15, 0.2) is 0 Å². The van der Waals surface area contributed by atoms with Crippen LogP contribution in [0.2, 0.25) is 0 Å². The van der Waals surface area contributed by atoms with Crippen LogP contribution in [-0.4, -0.2) is 49.3 Å². The van der Waals surface area contributed by atoms with Crippen molar-refractivity contribution in [2.75, 3.05) is 38.2 Å². The standard InChI is InChI=1S/C20H24N2O2S/c1-16(25-19-9-4-3-5-10-19)20(23)22-13-11-21(12-14-22)17-7-6-8-18(15-17)24-2/h3-10,15-16H,11-14H2,1-2H3/t16-/m0/s1. The number of hydrogen-bond donors (Lipinski definition) is 0. The molecule has 1 aliphatic heterocycles. The third-order valence-electron chi connectivity index (χ3n) is 4.41. The van der Waals surface area contributed by atoms with Crippen LogP contribution in [0.5, 0.6) is 5.75 Å². The van der Waals surface area contributed by atoms with Crippen LogP contribution in [0.25, 0.3) is 0 Å². The van der Waals surface area contributed by atoms with E-state index in [4.69, 9.17) is 4.74 Å².